The molecule has 3 aromatic carbocycles. The van der Waals surface area contributed by atoms with Gasteiger partial charge in [-0.2, -0.15) is 10.4 Å². The second-order valence-corrected chi connectivity index (χ2v) is 8.94. The summed E-state index contributed by atoms with van der Waals surface area (Å²) in [5.74, 6) is -0.544. The topological polar surface area (TPSA) is 117 Å². The number of carboxylic acid groups (broad SMARTS) is 1. The van der Waals surface area contributed by atoms with Gasteiger partial charge >= 0.3 is 12.1 Å². The van der Waals surface area contributed by atoms with Gasteiger partial charge in [0.25, 0.3) is 0 Å². The van der Waals surface area contributed by atoms with Crippen LogP contribution in [0.15, 0.2) is 85.1 Å². The van der Waals surface area contributed by atoms with Crippen LogP contribution >= 0.6 is 0 Å². The van der Waals surface area contributed by atoms with Crippen molar-refractivity contribution in [2.75, 3.05) is 11.9 Å². The van der Waals surface area contributed by atoms with Crippen LogP contribution in [0, 0.1) is 11.3 Å². The molecule has 8 nitrogen and oxygen atoms in total. The lowest BCUT2D eigenvalue weighted by atomic mass is 9.94. The van der Waals surface area contributed by atoms with Crippen LogP contribution in [0.25, 0.3) is 16.8 Å². The number of hydrogen-bond acceptors (Lipinski definition) is 5. The predicted molar refractivity (Wildman–Crippen MR) is 137 cm³/mol. The van der Waals surface area contributed by atoms with Crippen molar-refractivity contribution in [3.63, 3.8) is 0 Å². The summed E-state index contributed by atoms with van der Waals surface area (Å²) in [5.41, 5.74) is 3.92. The third kappa shape index (κ3) is 4.93. The van der Waals surface area contributed by atoms with Gasteiger partial charge in [0.15, 0.2) is 5.82 Å². The number of rotatable bonds is 8. The van der Waals surface area contributed by atoms with Crippen molar-refractivity contribution < 1.29 is 19.4 Å². The lowest BCUT2D eigenvalue weighted by Crippen LogP contribution is -2.19. The Hall–Kier alpha value is -4.90. The molecule has 0 saturated heterocycles. The van der Waals surface area contributed by atoms with Crippen LogP contribution in [0.1, 0.15) is 29.5 Å². The number of carbonyl (C=O) groups is 2. The van der Waals surface area contributed by atoms with Gasteiger partial charge in [0, 0.05) is 6.42 Å². The molecule has 4 aromatic rings. The van der Waals surface area contributed by atoms with Crippen LogP contribution in [0.4, 0.5) is 10.6 Å². The van der Waals surface area contributed by atoms with Gasteiger partial charge in [-0.15, -0.1) is 0 Å². The highest BCUT2D eigenvalue weighted by molar-refractivity contribution is 5.86. The van der Waals surface area contributed by atoms with E-state index in [1.54, 1.807) is 0 Å². The molecule has 1 fully saturated rings. The van der Waals surface area contributed by atoms with E-state index in [2.05, 4.69) is 10.4 Å². The van der Waals surface area contributed by atoms with Crippen LogP contribution < -0.4 is 5.32 Å². The number of benzene rings is 3. The maximum Gasteiger partial charge on any atom is 0.412 e. The Kier molecular flexibility index (Phi) is 6.43. The number of aromatic nitrogens is 2. The molecule has 0 radical (unpaired) electrons. The SMILES string of the molecule is N#Cc1cnn(-c2ccc(-c3ccc(C4(C(=O)O)CC4)cc3)cc2)c1NC(=O)OCCc1ccccc1. The molecule has 1 amide bonds. The van der Waals surface area contributed by atoms with Gasteiger partial charge in [-0.05, 0) is 47.2 Å². The van der Waals surface area contributed by atoms with Crippen molar-refractivity contribution in [1.29, 1.82) is 5.26 Å². The highest BCUT2D eigenvalue weighted by atomic mass is 16.5. The lowest BCUT2D eigenvalue weighted by molar-refractivity contribution is -0.140. The van der Waals surface area contributed by atoms with E-state index < -0.39 is 17.5 Å². The molecule has 2 N–H and O–H groups in total. The minimum Gasteiger partial charge on any atom is -0.481 e. The third-order valence-electron chi connectivity index (χ3n) is 6.62. The molecule has 0 bridgehead atoms. The van der Waals surface area contributed by atoms with Crippen molar-refractivity contribution in [2.45, 2.75) is 24.7 Å². The Bertz CT molecular complexity index is 1470. The number of nitrogens with zero attached hydrogens (tertiary/aromatic N) is 3. The Morgan fingerprint density at radius 1 is 1.00 bits per heavy atom. The summed E-state index contributed by atoms with van der Waals surface area (Å²) in [6.45, 7) is 0.201. The van der Waals surface area contributed by atoms with E-state index in [4.69, 9.17) is 4.74 Å². The van der Waals surface area contributed by atoms with E-state index in [0.29, 0.717) is 24.9 Å². The third-order valence-corrected chi connectivity index (χ3v) is 6.62. The minimum absolute atomic E-state index is 0.201. The molecule has 0 aliphatic heterocycles. The van der Waals surface area contributed by atoms with Crippen LogP contribution in [-0.4, -0.2) is 33.6 Å². The zero-order valence-corrected chi connectivity index (χ0v) is 19.9. The minimum atomic E-state index is -0.773. The first-order valence-corrected chi connectivity index (χ1v) is 11.9. The van der Waals surface area contributed by atoms with Gasteiger partial charge in [0.1, 0.15) is 11.6 Å². The average Bonchev–Trinajstić information content (AvgIpc) is 3.65. The van der Waals surface area contributed by atoms with Crippen molar-refractivity contribution >= 4 is 17.9 Å². The molecule has 1 aliphatic rings. The number of ether oxygens (including phenoxy) is 1. The summed E-state index contributed by atoms with van der Waals surface area (Å²) in [5, 5.41) is 25.9. The fourth-order valence-corrected chi connectivity index (χ4v) is 4.31. The van der Waals surface area contributed by atoms with Crippen molar-refractivity contribution in [1.82, 2.24) is 9.78 Å². The number of amides is 1. The highest BCUT2D eigenvalue weighted by Crippen LogP contribution is 2.48. The molecule has 1 aliphatic carbocycles. The second kappa shape index (κ2) is 9.99. The molecule has 8 heteroatoms. The average molecular weight is 493 g/mol. The summed E-state index contributed by atoms with van der Waals surface area (Å²) < 4.78 is 6.78. The fraction of sp³-hybridized carbons (Fsp3) is 0.172. The van der Waals surface area contributed by atoms with Crippen molar-refractivity contribution in [2.24, 2.45) is 0 Å². The molecule has 5 rings (SSSR count). The first-order valence-electron chi connectivity index (χ1n) is 11.9. The van der Waals surface area contributed by atoms with E-state index in [9.17, 15) is 20.0 Å². The Balaban J connectivity index is 1.28. The van der Waals surface area contributed by atoms with Crippen LogP contribution in [0.5, 0.6) is 0 Å². The summed E-state index contributed by atoms with van der Waals surface area (Å²) in [6.07, 6.45) is 2.64. The van der Waals surface area contributed by atoms with Crippen LogP contribution in [0.3, 0.4) is 0 Å². The second-order valence-electron chi connectivity index (χ2n) is 8.94. The van der Waals surface area contributed by atoms with Gasteiger partial charge < -0.3 is 9.84 Å². The zero-order chi connectivity index (χ0) is 25.8. The molecule has 1 saturated carbocycles. The monoisotopic (exact) mass is 492 g/mol. The van der Waals surface area contributed by atoms with E-state index in [-0.39, 0.29) is 18.0 Å². The zero-order valence-electron chi connectivity index (χ0n) is 19.9. The lowest BCUT2D eigenvalue weighted by Gasteiger charge is -2.12. The highest BCUT2D eigenvalue weighted by Gasteiger charge is 2.51. The van der Waals surface area contributed by atoms with Gasteiger partial charge in [-0.25, -0.2) is 9.48 Å². The first-order chi connectivity index (χ1) is 18.0. The van der Waals surface area contributed by atoms with Gasteiger partial charge in [0.2, 0.25) is 0 Å². The molecule has 37 heavy (non-hydrogen) atoms. The maximum atomic E-state index is 12.4. The van der Waals surface area contributed by atoms with Gasteiger partial charge in [0.05, 0.1) is 23.9 Å². The summed E-state index contributed by atoms with van der Waals surface area (Å²) >= 11 is 0. The van der Waals surface area contributed by atoms with Gasteiger partial charge in [-0.3, -0.25) is 10.1 Å². The number of aliphatic carboxylic acids is 1. The summed E-state index contributed by atoms with van der Waals surface area (Å²) in [6, 6.07) is 26.8. The maximum absolute atomic E-state index is 12.4. The normalized spacial score (nSPS) is 13.4. The number of nitriles is 1. The van der Waals surface area contributed by atoms with E-state index in [1.165, 1.54) is 10.9 Å². The van der Waals surface area contributed by atoms with Gasteiger partial charge in [-0.1, -0.05) is 66.7 Å². The standard InChI is InChI=1S/C29H24N4O4/c30-18-23-19-31-33(26(23)32-28(36)37-17-14-20-4-2-1-3-5-20)25-12-8-22(9-13-25)21-6-10-24(11-7-21)29(15-16-29)27(34)35/h1-13,19H,14-17H2,(H,32,36)(H,34,35). The summed E-state index contributed by atoms with van der Waals surface area (Å²) in [4.78, 5) is 24.0. The molecule has 0 atom stereocenters. The number of carbonyl (C=O) groups excluding carboxylic acids is 1. The van der Waals surface area contributed by atoms with Crippen molar-refractivity contribution in [3.8, 4) is 22.9 Å². The predicted octanol–water partition coefficient (Wildman–Crippen LogP) is 5.32. The molecule has 0 spiro atoms. The Labute approximate surface area is 213 Å². The molecular formula is C29H24N4O4. The molecular weight excluding hydrogens is 468 g/mol. The number of anilines is 1. The first kappa shape index (κ1) is 23.8. The largest absolute Gasteiger partial charge is 0.481 e. The Morgan fingerprint density at radius 3 is 2.24 bits per heavy atom. The quantitative estimate of drug-likeness (QED) is 0.344. The summed E-state index contributed by atoms with van der Waals surface area (Å²) in [7, 11) is 0. The molecule has 0 unspecified atom stereocenters. The van der Waals surface area contributed by atoms with E-state index in [0.717, 1.165) is 22.3 Å². The molecule has 1 heterocycles. The van der Waals surface area contributed by atoms with Crippen LogP contribution in [0.2, 0.25) is 0 Å². The van der Waals surface area contributed by atoms with E-state index in [1.807, 2.05) is 84.9 Å². The molecule has 1 aromatic heterocycles. The number of nitrogens with one attached hydrogen (secondary N) is 1. The molecule has 184 valence electrons. The van der Waals surface area contributed by atoms with Crippen molar-refractivity contribution in [3.05, 3.63) is 102 Å². The number of hydrogen-bond donors (Lipinski definition) is 2. The number of carboxylic acids is 1. The Morgan fingerprint density at radius 2 is 1.65 bits per heavy atom. The fourth-order valence-electron chi connectivity index (χ4n) is 4.31. The van der Waals surface area contributed by atoms with E-state index >= 15 is 0 Å². The van der Waals surface area contributed by atoms with Crippen LogP contribution in [-0.2, 0) is 21.4 Å². The smallest absolute Gasteiger partial charge is 0.412 e.